The molecule has 72 valence electrons. The van der Waals surface area contributed by atoms with E-state index in [4.69, 9.17) is 4.74 Å². The number of hydrogen-bond donors (Lipinski definition) is 0. The summed E-state index contributed by atoms with van der Waals surface area (Å²) in [7, 11) is 1.70. The fraction of sp³-hybridized carbons (Fsp3) is 0.545. The zero-order valence-electron chi connectivity index (χ0n) is 8.58. The van der Waals surface area contributed by atoms with Crippen LogP contribution in [0.15, 0.2) is 18.3 Å². The van der Waals surface area contributed by atoms with Gasteiger partial charge in [0.15, 0.2) is 0 Å². The molecule has 0 bridgehead atoms. The molecule has 0 spiro atoms. The van der Waals surface area contributed by atoms with Crippen LogP contribution in [0.1, 0.15) is 38.3 Å². The topological polar surface area (TPSA) is 22.1 Å². The van der Waals surface area contributed by atoms with Gasteiger partial charge in [-0.15, -0.1) is 0 Å². The molecular weight excluding hydrogens is 162 g/mol. The summed E-state index contributed by atoms with van der Waals surface area (Å²) in [6, 6.07) is 3.88. The zero-order valence-corrected chi connectivity index (χ0v) is 8.58. The first kappa shape index (κ1) is 10.0. The van der Waals surface area contributed by atoms with Gasteiger partial charge in [-0.1, -0.05) is 13.8 Å². The smallest absolute Gasteiger partial charge is 0.140 e. The second-order valence-electron chi connectivity index (χ2n) is 2.87. The molecule has 0 unspecified atom stereocenters. The molecule has 0 radical (unpaired) electrons. The standard InChI is InChI=1S/C9H11NO.C2H6/c1-11-8-3-2-6-10-9(8)7-4-5-7;1-2/h2-3,6-7H,4-5H2,1H3;1-2H3. The van der Waals surface area contributed by atoms with E-state index in [1.807, 2.05) is 32.2 Å². The van der Waals surface area contributed by atoms with Crippen LogP contribution in [0.5, 0.6) is 5.75 Å². The minimum Gasteiger partial charge on any atom is -0.495 e. The molecule has 2 heteroatoms. The quantitative estimate of drug-likeness (QED) is 0.696. The molecule has 0 aliphatic heterocycles. The van der Waals surface area contributed by atoms with E-state index in [1.165, 1.54) is 12.8 Å². The van der Waals surface area contributed by atoms with Crippen LogP contribution in [0.4, 0.5) is 0 Å². The summed E-state index contributed by atoms with van der Waals surface area (Å²) in [5.74, 6) is 1.61. The normalized spacial score (nSPS) is 14.4. The van der Waals surface area contributed by atoms with Gasteiger partial charge in [0, 0.05) is 12.1 Å². The van der Waals surface area contributed by atoms with Gasteiger partial charge in [0.2, 0.25) is 0 Å². The van der Waals surface area contributed by atoms with Crippen molar-refractivity contribution < 1.29 is 4.74 Å². The van der Waals surface area contributed by atoms with E-state index in [2.05, 4.69) is 4.98 Å². The average molecular weight is 179 g/mol. The fourth-order valence-electron chi connectivity index (χ4n) is 1.24. The molecule has 0 atom stereocenters. The minimum absolute atomic E-state index is 0.672. The molecule has 13 heavy (non-hydrogen) atoms. The van der Waals surface area contributed by atoms with Gasteiger partial charge in [0.05, 0.1) is 12.8 Å². The molecule has 0 aromatic carbocycles. The van der Waals surface area contributed by atoms with E-state index in [-0.39, 0.29) is 0 Å². The van der Waals surface area contributed by atoms with Crippen LogP contribution < -0.4 is 4.74 Å². The highest BCUT2D eigenvalue weighted by molar-refractivity contribution is 5.32. The van der Waals surface area contributed by atoms with Crippen LogP contribution in [0, 0.1) is 0 Å². The van der Waals surface area contributed by atoms with E-state index < -0.39 is 0 Å². The summed E-state index contributed by atoms with van der Waals surface area (Å²) in [4.78, 5) is 4.29. The molecule has 0 saturated heterocycles. The maximum absolute atomic E-state index is 5.18. The van der Waals surface area contributed by atoms with Gasteiger partial charge in [0.25, 0.3) is 0 Å². The number of nitrogens with zero attached hydrogens (tertiary/aromatic N) is 1. The van der Waals surface area contributed by atoms with Crippen LogP contribution in [0.3, 0.4) is 0 Å². The fourth-order valence-corrected chi connectivity index (χ4v) is 1.24. The van der Waals surface area contributed by atoms with E-state index >= 15 is 0 Å². The van der Waals surface area contributed by atoms with Crippen molar-refractivity contribution in [3.8, 4) is 5.75 Å². The third-order valence-corrected chi connectivity index (χ3v) is 1.98. The van der Waals surface area contributed by atoms with Crippen molar-refractivity contribution in [1.29, 1.82) is 0 Å². The summed E-state index contributed by atoms with van der Waals surface area (Å²) in [6.45, 7) is 4.00. The molecule has 2 nitrogen and oxygen atoms in total. The van der Waals surface area contributed by atoms with Crippen molar-refractivity contribution >= 4 is 0 Å². The Kier molecular flexibility index (Phi) is 3.74. The lowest BCUT2D eigenvalue weighted by Gasteiger charge is -2.03. The van der Waals surface area contributed by atoms with Crippen molar-refractivity contribution in [3.05, 3.63) is 24.0 Å². The Morgan fingerprint density at radius 1 is 1.38 bits per heavy atom. The lowest BCUT2D eigenvalue weighted by molar-refractivity contribution is 0.407. The van der Waals surface area contributed by atoms with Gasteiger partial charge in [-0.2, -0.15) is 0 Å². The van der Waals surface area contributed by atoms with Crippen LogP contribution >= 0.6 is 0 Å². The average Bonchev–Trinajstić information content (AvgIpc) is 3.04. The number of rotatable bonds is 2. The molecule has 2 rings (SSSR count). The second-order valence-corrected chi connectivity index (χ2v) is 2.87. The second kappa shape index (κ2) is 4.85. The van der Waals surface area contributed by atoms with Gasteiger partial charge >= 0.3 is 0 Å². The third-order valence-electron chi connectivity index (χ3n) is 1.98. The Hall–Kier alpha value is -1.05. The van der Waals surface area contributed by atoms with E-state index in [9.17, 15) is 0 Å². The lowest BCUT2D eigenvalue weighted by atomic mass is 10.2. The van der Waals surface area contributed by atoms with Crippen molar-refractivity contribution in [2.24, 2.45) is 0 Å². The van der Waals surface area contributed by atoms with Crippen molar-refractivity contribution in [2.45, 2.75) is 32.6 Å². The summed E-state index contributed by atoms with van der Waals surface area (Å²) in [5.41, 5.74) is 1.13. The third kappa shape index (κ3) is 2.44. The van der Waals surface area contributed by atoms with Crippen molar-refractivity contribution in [1.82, 2.24) is 4.98 Å². The number of aromatic nitrogens is 1. The van der Waals surface area contributed by atoms with Crippen molar-refractivity contribution in [3.63, 3.8) is 0 Å². The molecule has 0 N–H and O–H groups in total. The van der Waals surface area contributed by atoms with Crippen LogP contribution in [0.25, 0.3) is 0 Å². The molecule has 0 amide bonds. The number of hydrogen-bond acceptors (Lipinski definition) is 2. The summed E-state index contributed by atoms with van der Waals surface area (Å²) < 4.78 is 5.18. The number of methoxy groups -OCH3 is 1. The molecule has 1 aromatic rings. The zero-order chi connectivity index (χ0) is 9.68. The first-order chi connectivity index (χ1) is 6.42. The first-order valence-corrected chi connectivity index (χ1v) is 4.90. The number of pyridine rings is 1. The lowest BCUT2D eigenvalue weighted by Crippen LogP contribution is -1.92. The highest BCUT2D eigenvalue weighted by Crippen LogP contribution is 2.42. The SMILES string of the molecule is CC.COc1cccnc1C1CC1. The minimum atomic E-state index is 0.672. The predicted molar refractivity (Wildman–Crippen MR) is 54.1 cm³/mol. The largest absolute Gasteiger partial charge is 0.495 e. The highest BCUT2D eigenvalue weighted by Gasteiger charge is 2.27. The molecule has 1 fully saturated rings. The van der Waals surface area contributed by atoms with Gasteiger partial charge in [0.1, 0.15) is 5.75 Å². The van der Waals surface area contributed by atoms with Crippen LogP contribution in [-0.2, 0) is 0 Å². The summed E-state index contributed by atoms with van der Waals surface area (Å²) in [5, 5.41) is 0. The Morgan fingerprint density at radius 3 is 2.62 bits per heavy atom. The Bertz CT molecular complexity index is 256. The molecule has 1 heterocycles. The number of ether oxygens (including phenoxy) is 1. The Labute approximate surface area is 80.0 Å². The van der Waals surface area contributed by atoms with Crippen molar-refractivity contribution in [2.75, 3.05) is 7.11 Å². The van der Waals surface area contributed by atoms with Crippen LogP contribution in [0.2, 0.25) is 0 Å². The van der Waals surface area contributed by atoms with E-state index in [0.29, 0.717) is 5.92 Å². The highest BCUT2D eigenvalue weighted by atomic mass is 16.5. The van der Waals surface area contributed by atoms with Gasteiger partial charge in [-0.05, 0) is 25.0 Å². The van der Waals surface area contributed by atoms with Crippen LogP contribution in [-0.4, -0.2) is 12.1 Å². The Balaban J connectivity index is 0.000000396. The van der Waals surface area contributed by atoms with Gasteiger partial charge < -0.3 is 4.74 Å². The Morgan fingerprint density at radius 2 is 2.08 bits per heavy atom. The molecule has 1 aliphatic rings. The predicted octanol–water partition coefficient (Wildman–Crippen LogP) is 2.99. The summed E-state index contributed by atoms with van der Waals surface area (Å²) in [6.07, 6.45) is 4.37. The van der Waals surface area contributed by atoms with E-state index in [0.717, 1.165) is 11.4 Å². The molecular formula is C11H17NO. The van der Waals surface area contributed by atoms with Gasteiger partial charge in [-0.25, -0.2) is 0 Å². The van der Waals surface area contributed by atoms with Gasteiger partial charge in [-0.3, -0.25) is 4.98 Å². The van der Waals surface area contributed by atoms with E-state index in [1.54, 1.807) is 7.11 Å². The maximum atomic E-state index is 5.18. The monoisotopic (exact) mass is 179 g/mol. The first-order valence-electron chi connectivity index (χ1n) is 4.90. The molecule has 1 saturated carbocycles. The molecule has 1 aliphatic carbocycles. The summed E-state index contributed by atoms with van der Waals surface area (Å²) >= 11 is 0. The maximum Gasteiger partial charge on any atom is 0.140 e. The molecule has 1 aromatic heterocycles.